The lowest BCUT2D eigenvalue weighted by Crippen LogP contribution is -2.11. The van der Waals surface area contributed by atoms with E-state index < -0.39 is 28.7 Å². The third-order valence-electron chi connectivity index (χ3n) is 4.06. The van der Waals surface area contributed by atoms with E-state index in [1.54, 1.807) is 6.07 Å². The molecule has 178 valence electrons. The van der Waals surface area contributed by atoms with Crippen molar-refractivity contribution in [2.24, 2.45) is 5.73 Å². The summed E-state index contributed by atoms with van der Waals surface area (Å²) in [5, 5.41) is 26.3. The van der Waals surface area contributed by atoms with E-state index in [9.17, 15) is 22.0 Å². The fraction of sp³-hybridized carbons (Fsp3) is 0.409. The molecule has 2 aromatic carbocycles. The summed E-state index contributed by atoms with van der Waals surface area (Å²) in [5.74, 6) is -0.694. The Balaban J connectivity index is 0.000000484. The van der Waals surface area contributed by atoms with E-state index >= 15 is 0 Å². The Kier molecular flexibility index (Phi) is 12.8. The van der Waals surface area contributed by atoms with Crippen molar-refractivity contribution in [3.63, 3.8) is 0 Å². The molecule has 4 nitrogen and oxygen atoms in total. The Morgan fingerprint density at radius 1 is 0.906 bits per heavy atom. The van der Waals surface area contributed by atoms with Gasteiger partial charge in [0.2, 0.25) is 0 Å². The molecule has 0 fully saturated rings. The number of halogens is 5. The van der Waals surface area contributed by atoms with Crippen molar-refractivity contribution in [1.82, 2.24) is 0 Å². The lowest BCUT2D eigenvalue weighted by atomic mass is 10.1. The van der Waals surface area contributed by atoms with Gasteiger partial charge >= 0.3 is 6.18 Å². The Morgan fingerprint density at radius 3 is 1.75 bits per heavy atom. The fourth-order valence-electron chi connectivity index (χ4n) is 2.41. The molecule has 0 saturated carbocycles. The molecular weight excluding hydrogens is 450 g/mol. The minimum atomic E-state index is -4.46. The van der Waals surface area contributed by atoms with Crippen molar-refractivity contribution in [3.05, 3.63) is 58.7 Å². The van der Waals surface area contributed by atoms with E-state index in [1.807, 2.05) is 0 Å². The summed E-state index contributed by atoms with van der Waals surface area (Å²) >= 11 is 0. The van der Waals surface area contributed by atoms with Crippen LogP contribution in [0.2, 0.25) is 0 Å². The highest BCUT2D eigenvalue weighted by molar-refractivity contribution is 7.17. The minimum absolute atomic E-state index is 0.0229. The Morgan fingerprint density at radius 2 is 1.38 bits per heavy atom. The summed E-state index contributed by atoms with van der Waals surface area (Å²) in [5.41, 5.74) is 0.396. The van der Waals surface area contributed by atoms with Crippen LogP contribution in [-0.4, -0.2) is 10.2 Å². The van der Waals surface area contributed by atoms with Gasteiger partial charge in [-0.15, -0.1) is 0 Å². The summed E-state index contributed by atoms with van der Waals surface area (Å²) in [6.07, 6.45) is 1.07. The first kappa shape index (κ1) is 29.6. The molecule has 0 bridgehead atoms. The Labute approximate surface area is 187 Å². The van der Waals surface area contributed by atoms with E-state index in [0.29, 0.717) is 6.07 Å². The summed E-state index contributed by atoms with van der Waals surface area (Å²) in [6.45, 7) is 4.26. The second-order valence-electron chi connectivity index (χ2n) is 6.72. The van der Waals surface area contributed by atoms with E-state index in [4.69, 9.17) is 21.2 Å². The van der Waals surface area contributed by atoms with Gasteiger partial charge in [-0.2, -0.15) is 27.2 Å². The Hall–Kier alpha value is -2.43. The molecule has 32 heavy (non-hydrogen) atoms. The second-order valence-corrected chi connectivity index (χ2v) is 7.44. The molecule has 4 N–H and O–H groups in total. The van der Waals surface area contributed by atoms with Crippen LogP contribution in [0.4, 0.5) is 22.0 Å². The number of alkyl halides is 5. The summed E-state index contributed by atoms with van der Waals surface area (Å²) in [7, 11) is 1.32. The van der Waals surface area contributed by atoms with Gasteiger partial charge in [-0.1, -0.05) is 54.8 Å². The molecule has 2 aromatic rings. The van der Waals surface area contributed by atoms with Gasteiger partial charge in [0, 0.05) is 12.1 Å². The van der Waals surface area contributed by atoms with Crippen molar-refractivity contribution in [1.29, 1.82) is 5.26 Å². The number of hydrogen-bond donors (Lipinski definition) is 3. The van der Waals surface area contributed by atoms with Gasteiger partial charge in [0.15, 0.2) is 0 Å². The van der Waals surface area contributed by atoms with Gasteiger partial charge in [-0.3, -0.25) is 0 Å². The quantitative estimate of drug-likeness (QED) is 0.255. The van der Waals surface area contributed by atoms with Crippen molar-refractivity contribution in [2.75, 3.05) is 0 Å². The molecule has 1 unspecified atom stereocenters. The van der Waals surface area contributed by atoms with Crippen molar-refractivity contribution < 1.29 is 32.2 Å². The van der Waals surface area contributed by atoms with Crippen LogP contribution in [0.1, 0.15) is 61.8 Å². The molecule has 0 aliphatic carbocycles. The molecule has 0 saturated heterocycles. The number of phenolic OH excluding ortho intramolecular Hbond substituents is 2. The predicted octanol–water partition coefficient (Wildman–Crippen LogP) is 6.64. The number of benzene rings is 2. The molecule has 0 aliphatic heterocycles. The zero-order valence-corrected chi connectivity index (χ0v) is 19.0. The predicted molar refractivity (Wildman–Crippen MR) is 117 cm³/mol. The maximum atomic E-state index is 12.8. The standard InChI is InChI=1S/C8H8F3NO.C8H6F2NOP.C6H14/c9-8(10,11)7-3-6(13)2-1-5(7)4-12;9-8(10,13)7-3-6(12)2-1-5(7)4-11;1-3-5-6-4-2/h1-3,13H,4,12H2;1-3,12H,13H2;3-6H2,1-2H3. The van der Waals surface area contributed by atoms with E-state index in [0.717, 1.165) is 18.2 Å². The molecular formula is C22H28F5N2O2P. The number of aromatic hydroxyl groups is 2. The first-order valence-corrected chi connectivity index (χ1v) is 10.4. The molecule has 0 radical (unpaired) electrons. The van der Waals surface area contributed by atoms with Crippen LogP contribution in [0.3, 0.4) is 0 Å². The number of phenols is 2. The maximum absolute atomic E-state index is 12.8. The van der Waals surface area contributed by atoms with Crippen LogP contribution in [0.15, 0.2) is 36.4 Å². The molecule has 0 aliphatic rings. The molecule has 1 atom stereocenters. The SMILES string of the molecule is CCCCCC.N#Cc1ccc(O)cc1C(F)(F)P.NCc1ccc(O)cc1C(F)(F)F. The molecule has 0 aromatic heterocycles. The summed E-state index contributed by atoms with van der Waals surface area (Å²) in [6, 6.07) is 7.87. The number of nitrogens with zero attached hydrogens (tertiary/aromatic N) is 1. The summed E-state index contributed by atoms with van der Waals surface area (Å²) < 4.78 is 62.3. The first-order chi connectivity index (χ1) is 14.8. The zero-order chi connectivity index (χ0) is 24.9. The molecule has 10 heteroatoms. The van der Waals surface area contributed by atoms with Crippen LogP contribution >= 0.6 is 9.24 Å². The van der Waals surface area contributed by atoms with Crippen LogP contribution in [-0.2, 0) is 18.4 Å². The largest absolute Gasteiger partial charge is 0.508 e. The number of rotatable bonds is 5. The summed E-state index contributed by atoms with van der Waals surface area (Å²) in [4.78, 5) is 0. The van der Waals surface area contributed by atoms with Crippen LogP contribution in [0.5, 0.6) is 11.5 Å². The highest BCUT2D eigenvalue weighted by Gasteiger charge is 2.33. The third-order valence-corrected chi connectivity index (χ3v) is 4.37. The fourth-order valence-corrected chi connectivity index (χ4v) is 2.65. The van der Waals surface area contributed by atoms with Gasteiger partial charge in [-0.25, -0.2) is 0 Å². The van der Waals surface area contributed by atoms with Crippen LogP contribution in [0, 0.1) is 11.3 Å². The van der Waals surface area contributed by atoms with E-state index in [2.05, 4.69) is 13.8 Å². The van der Waals surface area contributed by atoms with Gasteiger partial charge in [-0.05, 0) is 35.9 Å². The van der Waals surface area contributed by atoms with E-state index in [1.165, 1.54) is 47.1 Å². The van der Waals surface area contributed by atoms with Crippen molar-refractivity contribution in [3.8, 4) is 17.6 Å². The number of hydrogen-bond acceptors (Lipinski definition) is 4. The molecule has 0 spiro atoms. The normalized spacial score (nSPS) is 10.9. The number of unbranched alkanes of at least 4 members (excludes halogenated alkanes) is 3. The van der Waals surface area contributed by atoms with E-state index in [-0.39, 0.29) is 23.4 Å². The molecule has 0 heterocycles. The van der Waals surface area contributed by atoms with Crippen molar-refractivity contribution in [2.45, 2.75) is 57.9 Å². The number of nitriles is 1. The molecule has 0 amide bonds. The maximum Gasteiger partial charge on any atom is 0.416 e. The Bertz CT molecular complexity index is 874. The monoisotopic (exact) mass is 478 g/mol. The topological polar surface area (TPSA) is 90.3 Å². The van der Waals surface area contributed by atoms with Gasteiger partial charge in [0.05, 0.1) is 17.2 Å². The van der Waals surface area contributed by atoms with Crippen LogP contribution < -0.4 is 5.73 Å². The third kappa shape index (κ3) is 10.7. The van der Waals surface area contributed by atoms with Gasteiger partial charge in [0.1, 0.15) is 11.5 Å². The minimum Gasteiger partial charge on any atom is -0.508 e. The smallest absolute Gasteiger partial charge is 0.416 e. The van der Waals surface area contributed by atoms with Crippen molar-refractivity contribution >= 4 is 9.24 Å². The number of nitrogens with two attached hydrogens (primary N) is 1. The zero-order valence-electron chi connectivity index (χ0n) is 17.9. The highest BCUT2D eigenvalue weighted by Crippen LogP contribution is 2.38. The average molecular weight is 478 g/mol. The molecule has 2 rings (SSSR count). The lowest BCUT2D eigenvalue weighted by Gasteiger charge is -2.11. The van der Waals surface area contributed by atoms with Gasteiger partial charge < -0.3 is 15.9 Å². The second kappa shape index (κ2) is 13.9. The van der Waals surface area contributed by atoms with Gasteiger partial charge in [0.25, 0.3) is 5.66 Å². The highest BCUT2D eigenvalue weighted by atomic mass is 31.0. The first-order valence-electron chi connectivity index (χ1n) is 9.81. The van der Waals surface area contributed by atoms with Crippen LogP contribution in [0.25, 0.3) is 0 Å². The lowest BCUT2D eigenvalue weighted by molar-refractivity contribution is -0.138. The average Bonchev–Trinajstić information content (AvgIpc) is 2.72.